The third-order valence-corrected chi connectivity index (χ3v) is 7.31. The third-order valence-electron chi connectivity index (χ3n) is 7.01. The Labute approximate surface area is 211 Å². The van der Waals surface area contributed by atoms with Crippen molar-refractivity contribution in [3.8, 4) is 11.1 Å². The van der Waals surface area contributed by atoms with Crippen molar-refractivity contribution in [2.24, 2.45) is 5.92 Å². The van der Waals surface area contributed by atoms with Crippen LogP contribution < -0.4 is 10.4 Å². The molecule has 196 valence electrons. The first-order valence-corrected chi connectivity index (χ1v) is 11.8. The maximum Gasteiger partial charge on any atom is 0.430 e. The minimum absolute atomic E-state index is 0.0492. The van der Waals surface area contributed by atoms with Gasteiger partial charge in [-0.3, -0.25) is 5.32 Å². The van der Waals surface area contributed by atoms with Gasteiger partial charge in [-0.05, 0) is 12.1 Å². The molecule has 3 atom stereocenters. The highest BCUT2D eigenvalue weighted by atomic mass is 35.5. The molecule has 2 aromatic rings. The number of carbonyl (C=O) groups excluding carboxylic acids is 2. The van der Waals surface area contributed by atoms with Crippen LogP contribution in [0.25, 0.3) is 11.1 Å². The summed E-state index contributed by atoms with van der Waals surface area (Å²) in [5, 5.41) is 11.6. The zero-order chi connectivity index (χ0) is 26.7. The molecule has 6 nitrogen and oxygen atoms in total. The summed E-state index contributed by atoms with van der Waals surface area (Å²) in [6, 6.07) is 13.2. The van der Waals surface area contributed by atoms with Crippen LogP contribution in [0.2, 0.25) is 5.02 Å². The Morgan fingerprint density at radius 2 is 1.61 bits per heavy atom. The number of alkyl halides is 3. The molecule has 1 N–H and O–H groups in total. The fourth-order valence-electron chi connectivity index (χ4n) is 5.01. The van der Waals surface area contributed by atoms with Gasteiger partial charge < -0.3 is 19.1 Å². The van der Waals surface area contributed by atoms with Crippen molar-refractivity contribution in [2.75, 3.05) is 26.0 Å². The average molecular weight is 531 g/mol. The molecule has 0 radical (unpaired) electrons. The van der Waals surface area contributed by atoms with E-state index in [-0.39, 0.29) is 5.02 Å². The monoisotopic (exact) mass is 530 g/mol. The second-order valence-electron chi connectivity index (χ2n) is 9.51. The van der Waals surface area contributed by atoms with Gasteiger partial charge in [0.25, 0.3) is 0 Å². The number of piperidine rings is 1. The van der Waals surface area contributed by atoms with E-state index in [0.29, 0.717) is 41.4 Å². The summed E-state index contributed by atoms with van der Waals surface area (Å²) in [7, 11) is 4.63. The normalized spacial score (nSPS) is 22.2. The molecule has 0 saturated carbocycles. The van der Waals surface area contributed by atoms with Gasteiger partial charge in [-0.1, -0.05) is 41.9 Å². The minimum Gasteiger partial charge on any atom is -0.542 e. The number of para-hydroxylation sites is 1. The van der Waals surface area contributed by atoms with Crippen LogP contribution in [0.4, 0.5) is 28.0 Å². The first-order chi connectivity index (χ1) is 16.8. The van der Waals surface area contributed by atoms with Crippen LogP contribution in [0.5, 0.6) is 0 Å². The maximum atomic E-state index is 14.5. The van der Waals surface area contributed by atoms with Crippen molar-refractivity contribution in [3.05, 3.63) is 53.3 Å². The second kappa shape index (κ2) is 11.0. The molecule has 2 bridgehead atoms. The summed E-state index contributed by atoms with van der Waals surface area (Å²) < 4.78 is 52.7. The number of ether oxygens (including phenoxy) is 1. The number of anilines is 1. The number of benzene rings is 2. The lowest BCUT2D eigenvalue weighted by Crippen LogP contribution is -2.55. The number of fused-ring (bicyclic) bond motifs is 2. The van der Waals surface area contributed by atoms with Gasteiger partial charge in [0.2, 0.25) is 0 Å². The Bertz CT molecular complexity index is 1090. The Kier molecular flexibility index (Phi) is 8.51. The van der Waals surface area contributed by atoms with E-state index in [4.69, 9.17) is 26.2 Å². The molecule has 0 aliphatic carbocycles. The lowest BCUT2D eigenvalue weighted by molar-refractivity contribution is -0.931. The van der Waals surface area contributed by atoms with Crippen LogP contribution >= 0.6 is 11.6 Å². The van der Waals surface area contributed by atoms with Crippen molar-refractivity contribution in [3.63, 3.8) is 0 Å². The third kappa shape index (κ3) is 6.47. The van der Waals surface area contributed by atoms with Gasteiger partial charge in [0.15, 0.2) is 0 Å². The molecule has 2 fully saturated rings. The molecule has 2 aromatic carbocycles. The number of carbonyl (C=O) groups is 2. The maximum absolute atomic E-state index is 14.5. The number of carboxylic acids is 1. The number of nitrogens with one attached hydrogen (secondary N) is 1. The number of hydrogen-bond donors (Lipinski definition) is 1. The summed E-state index contributed by atoms with van der Waals surface area (Å²) in [4.78, 5) is 21.2. The predicted molar refractivity (Wildman–Crippen MR) is 125 cm³/mol. The summed E-state index contributed by atoms with van der Waals surface area (Å²) in [6.07, 6.45) is -0.980. The van der Waals surface area contributed by atoms with Gasteiger partial charge in [-0.15, -0.1) is 0 Å². The fourth-order valence-corrected chi connectivity index (χ4v) is 5.18. The molecule has 11 heteroatoms. The molecule has 2 aliphatic heterocycles. The Hall–Kier alpha value is -2.85. The van der Waals surface area contributed by atoms with Gasteiger partial charge in [-0.2, -0.15) is 13.2 Å². The molecular formula is C25H27ClF4N2O4. The van der Waals surface area contributed by atoms with E-state index in [1.54, 1.807) is 36.4 Å². The molecule has 2 aliphatic rings. The largest absolute Gasteiger partial charge is 0.542 e. The quantitative estimate of drug-likeness (QED) is 0.445. The zero-order valence-electron chi connectivity index (χ0n) is 19.8. The number of carboxylic acid groups (broad SMARTS) is 1. The van der Waals surface area contributed by atoms with Crippen LogP contribution in [0.15, 0.2) is 42.5 Å². The molecule has 0 spiro atoms. The molecule has 0 aromatic heterocycles. The molecule has 0 unspecified atom stereocenters. The topological polar surface area (TPSA) is 78.5 Å². The lowest BCUT2D eigenvalue weighted by Gasteiger charge is -2.44. The van der Waals surface area contributed by atoms with Gasteiger partial charge in [-0.25, -0.2) is 9.18 Å². The highest BCUT2D eigenvalue weighted by Gasteiger charge is 2.48. The molecule has 36 heavy (non-hydrogen) atoms. The highest BCUT2D eigenvalue weighted by Crippen LogP contribution is 2.42. The predicted octanol–water partition coefficient (Wildman–Crippen LogP) is 5.01. The van der Waals surface area contributed by atoms with E-state index in [0.717, 1.165) is 17.3 Å². The van der Waals surface area contributed by atoms with E-state index < -0.39 is 24.1 Å². The van der Waals surface area contributed by atoms with Gasteiger partial charge in [0, 0.05) is 42.7 Å². The number of amides is 1. The summed E-state index contributed by atoms with van der Waals surface area (Å²) in [6.45, 7) is 0.423. The van der Waals surface area contributed by atoms with Crippen LogP contribution in [0.1, 0.15) is 25.7 Å². The number of hydrogen-bond acceptors (Lipinski definition) is 4. The van der Waals surface area contributed by atoms with Crippen molar-refractivity contribution < 1.29 is 41.5 Å². The van der Waals surface area contributed by atoms with Crippen molar-refractivity contribution in [2.45, 2.75) is 43.9 Å². The van der Waals surface area contributed by atoms with Crippen LogP contribution in [-0.2, 0) is 9.53 Å². The van der Waals surface area contributed by atoms with Crippen LogP contribution in [0.3, 0.4) is 0 Å². The lowest BCUT2D eigenvalue weighted by atomic mass is 9.90. The zero-order valence-corrected chi connectivity index (χ0v) is 20.5. The van der Waals surface area contributed by atoms with E-state index in [1.807, 2.05) is 0 Å². The minimum atomic E-state index is -5.19. The number of nitrogens with zero attached hydrogens (tertiary/aromatic N) is 1. The van der Waals surface area contributed by atoms with Crippen molar-refractivity contribution >= 4 is 29.4 Å². The van der Waals surface area contributed by atoms with E-state index >= 15 is 0 Å². The number of rotatable bonds is 4. The smallest absolute Gasteiger partial charge is 0.430 e. The molecular weight excluding hydrogens is 504 g/mol. The molecule has 1 amide bonds. The first kappa shape index (κ1) is 27.7. The van der Waals surface area contributed by atoms with E-state index in [2.05, 4.69) is 19.4 Å². The van der Waals surface area contributed by atoms with Crippen molar-refractivity contribution in [1.29, 1.82) is 0 Å². The van der Waals surface area contributed by atoms with Gasteiger partial charge >= 0.3 is 12.3 Å². The van der Waals surface area contributed by atoms with Crippen molar-refractivity contribution in [1.82, 2.24) is 0 Å². The van der Waals surface area contributed by atoms with E-state index in [1.165, 1.54) is 18.9 Å². The van der Waals surface area contributed by atoms with Crippen LogP contribution in [0, 0.1) is 11.7 Å². The van der Waals surface area contributed by atoms with Gasteiger partial charge in [0.05, 0.1) is 43.5 Å². The Morgan fingerprint density at radius 1 is 1.06 bits per heavy atom. The first-order valence-electron chi connectivity index (χ1n) is 11.4. The van der Waals surface area contributed by atoms with Crippen LogP contribution in [-0.4, -0.2) is 55.5 Å². The Balaban J connectivity index is 0.000000454. The second-order valence-corrected chi connectivity index (χ2v) is 9.91. The van der Waals surface area contributed by atoms with E-state index in [9.17, 15) is 22.4 Å². The highest BCUT2D eigenvalue weighted by molar-refractivity contribution is 6.31. The SMILES string of the molecule is C[N+]1(C)[C@@H]2CC[C@H]1C[C@@H](COC(=O)Nc1ccccc1-c1cccc(Cl)c1F)C2.O=C([O-])C(F)(F)F. The summed E-state index contributed by atoms with van der Waals surface area (Å²) in [5.41, 5.74) is 1.41. The molecule has 2 saturated heterocycles. The Morgan fingerprint density at radius 3 is 2.19 bits per heavy atom. The standard InChI is InChI=1S/C23H26ClFN2O2.C2HF3O2/c1-27(2)16-10-11-17(27)13-15(12-16)14-29-23(28)26-21-9-4-3-6-18(21)19-7-5-8-20(24)22(19)25;3-2(4,5)1(6)7/h3-9,15-17H,10-14H2,1-2H3;(H,6,7)/t15-,16+,17-;. The number of quaternary nitrogens is 1. The van der Waals surface area contributed by atoms with Gasteiger partial charge in [0.1, 0.15) is 11.8 Å². The fraction of sp³-hybridized carbons (Fsp3) is 0.440. The molecule has 2 heterocycles. The summed E-state index contributed by atoms with van der Waals surface area (Å²) in [5.74, 6) is -3.10. The number of halogens is 5. The summed E-state index contributed by atoms with van der Waals surface area (Å²) >= 11 is 5.92. The number of aliphatic carboxylic acids is 1. The average Bonchev–Trinajstić information content (AvgIpc) is 2.96. The molecule has 4 rings (SSSR count).